The van der Waals surface area contributed by atoms with Crippen LogP contribution in [0.2, 0.25) is 0 Å². The topological polar surface area (TPSA) is 11.3 Å². The lowest BCUT2D eigenvalue weighted by molar-refractivity contribution is -0.417. The second kappa shape index (κ2) is 6.14. The first-order chi connectivity index (χ1) is 6.86. The van der Waals surface area contributed by atoms with E-state index in [9.17, 15) is 0 Å². The van der Waals surface area contributed by atoms with Crippen molar-refractivity contribution in [1.82, 2.24) is 0 Å². The van der Waals surface area contributed by atoms with Crippen molar-refractivity contribution in [3.05, 3.63) is 48.6 Å². The molecule has 0 aliphatic heterocycles. The minimum atomic E-state index is 0.910. The molecule has 0 saturated heterocycles. The van der Waals surface area contributed by atoms with E-state index >= 15 is 0 Å². The van der Waals surface area contributed by atoms with Gasteiger partial charge in [0.05, 0.1) is 0 Å². The zero-order chi connectivity index (χ0) is 10.2. The molecule has 0 unspecified atom stereocenters. The normalized spacial score (nSPS) is 14.4. The number of carbonyl (C=O) groups excluding carboxylic acids is 1. The molecule has 0 aromatic heterocycles. The molecule has 0 amide bonds. The molecule has 1 aliphatic rings. The standard InChI is InChI=1S/C13H17O/c1-3-4-5-6-7-12-8-10-13(14-2)11-9-12/h3,7-11H,1,4-6H2,2H3/q+1. The summed E-state index contributed by atoms with van der Waals surface area (Å²) in [6, 6.07) is 0. The summed E-state index contributed by atoms with van der Waals surface area (Å²) in [5.41, 5.74) is 1.26. The summed E-state index contributed by atoms with van der Waals surface area (Å²) in [5, 5.41) is 0. The van der Waals surface area contributed by atoms with Crippen LogP contribution >= 0.6 is 0 Å². The number of hydrogen-bond acceptors (Lipinski definition) is 0. The van der Waals surface area contributed by atoms with E-state index in [2.05, 4.69) is 24.8 Å². The highest BCUT2D eigenvalue weighted by atomic mass is 16.4. The lowest BCUT2D eigenvalue weighted by Crippen LogP contribution is -1.95. The fourth-order valence-electron chi connectivity index (χ4n) is 1.27. The van der Waals surface area contributed by atoms with Crippen LogP contribution in [0.1, 0.15) is 19.3 Å². The number of hydrogen-bond donors (Lipinski definition) is 0. The van der Waals surface area contributed by atoms with Gasteiger partial charge in [-0.05, 0) is 37.0 Å². The quantitative estimate of drug-likeness (QED) is 0.366. The van der Waals surface area contributed by atoms with Crippen molar-refractivity contribution < 1.29 is 4.42 Å². The zero-order valence-corrected chi connectivity index (χ0v) is 8.70. The Balaban J connectivity index is 2.41. The van der Waals surface area contributed by atoms with Crippen molar-refractivity contribution in [2.24, 2.45) is 0 Å². The second-order valence-corrected chi connectivity index (χ2v) is 3.20. The van der Waals surface area contributed by atoms with Gasteiger partial charge in [-0.2, -0.15) is 0 Å². The van der Waals surface area contributed by atoms with Crippen molar-refractivity contribution >= 4 is 5.78 Å². The van der Waals surface area contributed by atoms with E-state index in [4.69, 9.17) is 4.42 Å². The number of unbranched alkanes of at least 4 members (excludes halogenated alkanes) is 2. The predicted octanol–water partition coefficient (Wildman–Crippen LogP) is 3.13. The fraction of sp³-hybridized carbons (Fsp3) is 0.308. The summed E-state index contributed by atoms with van der Waals surface area (Å²) in [4.78, 5) is 0. The third-order valence-corrected chi connectivity index (χ3v) is 2.11. The highest BCUT2D eigenvalue weighted by Gasteiger charge is 2.04. The molecule has 0 heterocycles. The number of rotatable bonds is 4. The molecule has 0 aromatic rings. The third-order valence-electron chi connectivity index (χ3n) is 2.11. The van der Waals surface area contributed by atoms with E-state index in [1.165, 1.54) is 12.0 Å². The summed E-state index contributed by atoms with van der Waals surface area (Å²) in [6.07, 6.45) is 15.7. The Morgan fingerprint density at radius 2 is 1.93 bits per heavy atom. The Labute approximate surface area is 85.8 Å². The van der Waals surface area contributed by atoms with Gasteiger partial charge in [-0.1, -0.05) is 12.2 Å². The second-order valence-electron chi connectivity index (χ2n) is 3.20. The van der Waals surface area contributed by atoms with Crippen LogP contribution in [0.3, 0.4) is 0 Å². The Morgan fingerprint density at radius 1 is 1.21 bits per heavy atom. The van der Waals surface area contributed by atoms with Crippen molar-refractivity contribution in [2.45, 2.75) is 19.3 Å². The summed E-state index contributed by atoms with van der Waals surface area (Å²) in [7, 11) is 1.68. The Hall–Kier alpha value is -1.37. The molecule has 74 valence electrons. The van der Waals surface area contributed by atoms with Crippen LogP contribution in [0.5, 0.6) is 0 Å². The smallest absolute Gasteiger partial charge is 0.258 e. The minimum absolute atomic E-state index is 0.910. The van der Waals surface area contributed by atoms with E-state index in [0.29, 0.717) is 0 Å². The zero-order valence-electron chi connectivity index (χ0n) is 8.70. The van der Waals surface area contributed by atoms with Crippen molar-refractivity contribution in [1.29, 1.82) is 0 Å². The van der Waals surface area contributed by atoms with Gasteiger partial charge >= 0.3 is 5.78 Å². The van der Waals surface area contributed by atoms with E-state index in [1.54, 1.807) is 7.11 Å². The molecule has 0 fully saturated rings. The van der Waals surface area contributed by atoms with Crippen LogP contribution in [0.4, 0.5) is 0 Å². The first kappa shape index (κ1) is 10.7. The monoisotopic (exact) mass is 189 g/mol. The van der Waals surface area contributed by atoms with Crippen molar-refractivity contribution in [3.8, 4) is 0 Å². The van der Waals surface area contributed by atoms with Crippen LogP contribution in [-0.2, 0) is 4.42 Å². The molecule has 0 N–H and O–H groups in total. The first-order valence-electron chi connectivity index (χ1n) is 4.95. The number of ketones is 1. The number of allylic oxidation sites excluding steroid dienone is 7. The van der Waals surface area contributed by atoms with Gasteiger partial charge in [-0.3, -0.25) is 4.42 Å². The van der Waals surface area contributed by atoms with E-state index in [0.717, 1.165) is 18.6 Å². The lowest BCUT2D eigenvalue weighted by Gasteiger charge is -1.97. The van der Waals surface area contributed by atoms with Gasteiger partial charge in [0, 0.05) is 12.2 Å². The summed E-state index contributed by atoms with van der Waals surface area (Å²) < 4.78 is 5.09. The Bertz CT molecular complexity index is 285. The van der Waals surface area contributed by atoms with E-state index in [-0.39, 0.29) is 0 Å². The molecule has 1 heteroatoms. The maximum Gasteiger partial charge on any atom is 0.343 e. The molecule has 0 aromatic carbocycles. The molecule has 14 heavy (non-hydrogen) atoms. The molecule has 0 radical (unpaired) electrons. The summed E-state index contributed by atoms with van der Waals surface area (Å²) in [6.45, 7) is 3.70. The predicted molar refractivity (Wildman–Crippen MR) is 61.3 cm³/mol. The van der Waals surface area contributed by atoms with Crippen LogP contribution in [0.15, 0.2) is 48.6 Å². The van der Waals surface area contributed by atoms with Gasteiger partial charge < -0.3 is 0 Å². The average Bonchev–Trinajstić information content (AvgIpc) is 2.25. The van der Waals surface area contributed by atoms with Crippen LogP contribution < -0.4 is 0 Å². The summed E-state index contributed by atoms with van der Waals surface area (Å²) >= 11 is 0. The van der Waals surface area contributed by atoms with Gasteiger partial charge in [0.2, 0.25) is 0 Å². The van der Waals surface area contributed by atoms with E-state index in [1.807, 2.05) is 18.2 Å². The maximum atomic E-state index is 5.09. The van der Waals surface area contributed by atoms with Gasteiger partial charge in [-0.25, -0.2) is 0 Å². The average molecular weight is 189 g/mol. The van der Waals surface area contributed by atoms with Crippen LogP contribution in [-0.4, -0.2) is 12.9 Å². The van der Waals surface area contributed by atoms with Crippen LogP contribution in [0.25, 0.3) is 0 Å². The third kappa shape index (κ3) is 3.56. The van der Waals surface area contributed by atoms with Gasteiger partial charge in [0.1, 0.15) is 0 Å². The molecular formula is C13H17O+. The van der Waals surface area contributed by atoms with Crippen molar-refractivity contribution in [3.63, 3.8) is 0 Å². The van der Waals surface area contributed by atoms with Crippen molar-refractivity contribution in [2.75, 3.05) is 7.11 Å². The SMILES string of the molecule is C=CCCCC=C1C=CC(=[O+]C)C=C1. The highest BCUT2D eigenvalue weighted by molar-refractivity contribution is 6.01. The molecular weight excluding hydrogens is 172 g/mol. The molecule has 0 bridgehead atoms. The molecule has 1 aliphatic carbocycles. The highest BCUT2D eigenvalue weighted by Crippen LogP contribution is 2.09. The van der Waals surface area contributed by atoms with E-state index < -0.39 is 0 Å². The maximum absolute atomic E-state index is 5.09. The first-order valence-corrected chi connectivity index (χ1v) is 4.95. The van der Waals surface area contributed by atoms with Gasteiger partial charge in [-0.15, -0.1) is 6.58 Å². The van der Waals surface area contributed by atoms with Crippen LogP contribution in [0, 0.1) is 0 Å². The lowest BCUT2D eigenvalue weighted by atomic mass is 10.1. The van der Waals surface area contributed by atoms with Gasteiger partial charge in [0.25, 0.3) is 7.11 Å². The van der Waals surface area contributed by atoms with Gasteiger partial charge in [0.15, 0.2) is 0 Å². The minimum Gasteiger partial charge on any atom is -0.258 e. The molecule has 0 saturated carbocycles. The molecule has 1 rings (SSSR count). The largest absolute Gasteiger partial charge is 0.343 e. The molecule has 1 nitrogen and oxygen atoms in total. The molecule has 0 atom stereocenters. The Morgan fingerprint density at radius 3 is 2.50 bits per heavy atom. The summed E-state index contributed by atoms with van der Waals surface area (Å²) in [5.74, 6) is 0.910. The Kier molecular flexibility index (Phi) is 4.70. The fourth-order valence-corrected chi connectivity index (χ4v) is 1.27. The molecule has 0 spiro atoms.